The van der Waals surface area contributed by atoms with E-state index in [9.17, 15) is 4.79 Å². The lowest BCUT2D eigenvalue weighted by Crippen LogP contribution is -2.15. The molecule has 0 aliphatic heterocycles. The van der Waals surface area contributed by atoms with Crippen molar-refractivity contribution in [3.05, 3.63) is 41.1 Å². The third-order valence-corrected chi connectivity index (χ3v) is 3.30. The smallest absolute Gasteiger partial charge is 0.417 e. The zero-order chi connectivity index (χ0) is 16.9. The number of aryl methyl sites for hydroxylation is 1. The van der Waals surface area contributed by atoms with Gasteiger partial charge in [0.1, 0.15) is 12.4 Å². The van der Waals surface area contributed by atoms with Gasteiger partial charge in [0.2, 0.25) is 11.7 Å². The largest absolute Gasteiger partial charge is 0.448 e. The molecule has 0 aliphatic rings. The molecule has 1 aromatic carbocycles. The Morgan fingerprint density at radius 1 is 1.29 bits per heavy atom. The van der Waals surface area contributed by atoms with Gasteiger partial charge in [0, 0.05) is 11.6 Å². The van der Waals surface area contributed by atoms with Crippen LogP contribution in [-0.4, -0.2) is 27.8 Å². The third-order valence-electron chi connectivity index (χ3n) is 2.97. The SMILES string of the molecule is Cc1cc(NC(=O)CCOc2nc(-c3ccccc3Cl)no2)no1. The van der Waals surface area contributed by atoms with Crippen LogP contribution in [0.1, 0.15) is 12.2 Å². The molecule has 0 saturated heterocycles. The van der Waals surface area contributed by atoms with Crippen LogP contribution in [0.2, 0.25) is 5.02 Å². The van der Waals surface area contributed by atoms with Crippen molar-refractivity contribution >= 4 is 23.3 Å². The summed E-state index contributed by atoms with van der Waals surface area (Å²) in [5.74, 6) is 1.02. The Labute approximate surface area is 141 Å². The Bertz CT molecular complexity index is 845. The number of carbonyl (C=O) groups is 1. The number of halogens is 1. The van der Waals surface area contributed by atoms with E-state index in [-0.39, 0.29) is 25.0 Å². The Kier molecular flexibility index (Phi) is 4.76. The van der Waals surface area contributed by atoms with Crippen molar-refractivity contribution in [2.45, 2.75) is 13.3 Å². The lowest BCUT2D eigenvalue weighted by Gasteiger charge is -2.01. The highest BCUT2D eigenvalue weighted by molar-refractivity contribution is 6.33. The van der Waals surface area contributed by atoms with Crippen LogP contribution in [0, 0.1) is 6.92 Å². The minimum atomic E-state index is -0.269. The number of hydrogen-bond donors (Lipinski definition) is 1. The second-order valence-electron chi connectivity index (χ2n) is 4.83. The molecule has 24 heavy (non-hydrogen) atoms. The molecule has 9 heteroatoms. The molecule has 0 fully saturated rings. The summed E-state index contributed by atoms with van der Waals surface area (Å²) in [7, 11) is 0. The summed E-state index contributed by atoms with van der Waals surface area (Å²) in [6, 6.07) is 8.73. The van der Waals surface area contributed by atoms with Gasteiger partial charge in [-0.25, -0.2) is 0 Å². The van der Waals surface area contributed by atoms with E-state index in [1.165, 1.54) is 0 Å². The Hall–Kier alpha value is -2.87. The first kappa shape index (κ1) is 16.0. The lowest BCUT2D eigenvalue weighted by atomic mass is 10.2. The number of aromatic nitrogens is 3. The number of ether oxygens (including phenoxy) is 1. The number of nitrogens with one attached hydrogen (secondary N) is 1. The van der Waals surface area contributed by atoms with E-state index in [0.717, 1.165) is 0 Å². The molecule has 0 unspecified atom stereocenters. The van der Waals surface area contributed by atoms with E-state index in [4.69, 9.17) is 25.4 Å². The minimum Gasteiger partial charge on any atom is -0.448 e. The van der Waals surface area contributed by atoms with E-state index >= 15 is 0 Å². The summed E-state index contributed by atoms with van der Waals surface area (Å²) in [6.45, 7) is 1.81. The molecule has 0 bridgehead atoms. The highest BCUT2D eigenvalue weighted by atomic mass is 35.5. The standard InChI is InChI=1S/C15H13ClN4O4/c1-9-8-12(19-23-9)17-13(21)6-7-22-15-18-14(20-24-15)10-4-2-3-5-11(10)16/h2-5,8H,6-7H2,1H3,(H,17,19,21). The van der Waals surface area contributed by atoms with Gasteiger partial charge >= 0.3 is 6.08 Å². The van der Waals surface area contributed by atoms with Gasteiger partial charge in [0.25, 0.3) is 0 Å². The van der Waals surface area contributed by atoms with Crippen molar-refractivity contribution in [2.75, 3.05) is 11.9 Å². The molecular formula is C15H13ClN4O4. The maximum absolute atomic E-state index is 11.7. The highest BCUT2D eigenvalue weighted by Gasteiger charge is 2.13. The van der Waals surface area contributed by atoms with E-state index in [2.05, 4.69) is 20.6 Å². The molecule has 0 saturated carbocycles. The number of anilines is 1. The first-order valence-corrected chi connectivity index (χ1v) is 7.44. The first-order valence-electron chi connectivity index (χ1n) is 7.06. The summed E-state index contributed by atoms with van der Waals surface area (Å²) < 4.78 is 15.1. The summed E-state index contributed by atoms with van der Waals surface area (Å²) >= 11 is 6.06. The fraction of sp³-hybridized carbons (Fsp3) is 0.200. The normalized spacial score (nSPS) is 10.6. The number of carbonyl (C=O) groups excluding carboxylic acids is 1. The predicted octanol–water partition coefficient (Wildman–Crippen LogP) is 3.09. The van der Waals surface area contributed by atoms with Gasteiger partial charge in [-0.15, -0.1) is 0 Å². The van der Waals surface area contributed by atoms with Gasteiger partial charge in [-0.1, -0.05) is 34.0 Å². The van der Waals surface area contributed by atoms with Gasteiger partial charge < -0.3 is 14.6 Å². The fourth-order valence-electron chi connectivity index (χ4n) is 1.88. The van der Waals surface area contributed by atoms with E-state index < -0.39 is 0 Å². The van der Waals surface area contributed by atoms with Crippen molar-refractivity contribution in [2.24, 2.45) is 0 Å². The minimum absolute atomic E-state index is 0.0324. The Balaban J connectivity index is 1.51. The van der Waals surface area contributed by atoms with Crippen LogP contribution in [0.3, 0.4) is 0 Å². The molecule has 8 nitrogen and oxygen atoms in total. The van der Waals surface area contributed by atoms with Gasteiger partial charge in [0.05, 0.1) is 11.4 Å². The van der Waals surface area contributed by atoms with E-state index in [1.54, 1.807) is 31.2 Å². The lowest BCUT2D eigenvalue weighted by molar-refractivity contribution is -0.116. The predicted molar refractivity (Wildman–Crippen MR) is 84.7 cm³/mol. The molecule has 124 valence electrons. The monoisotopic (exact) mass is 348 g/mol. The van der Waals surface area contributed by atoms with Gasteiger partial charge in [-0.3, -0.25) is 9.32 Å². The van der Waals surface area contributed by atoms with Crippen molar-refractivity contribution in [1.82, 2.24) is 15.3 Å². The molecule has 2 heterocycles. The molecule has 0 atom stereocenters. The third kappa shape index (κ3) is 3.90. The zero-order valence-electron chi connectivity index (χ0n) is 12.7. The van der Waals surface area contributed by atoms with Crippen molar-refractivity contribution in [1.29, 1.82) is 0 Å². The zero-order valence-corrected chi connectivity index (χ0v) is 13.4. The average molecular weight is 349 g/mol. The molecule has 1 N–H and O–H groups in total. The Morgan fingerprint density at radius 2 is 2.12 bits per heavy atom. The van der Waals surface area contributed by atoms with Crippen LogP contribution in [0.4, 0.5) is 5.82 Å². The highest BCUT2D eigenvalue weighted by Crippen LogP contribution is 2.26. The summed E-state index contributed by atoms with van der Waals surface area (Å²) in [5, 5.41) is 10.5. The van der Waals surface area contributed by atoms with Crippen LogP contribution in [0.15, 0.2) is 39.4 Å². The number of rotatable bonds is 6. The van der Waals surface area contributed by atoms with Crippen LogP contribution in [-0.2, 0) is 4.79 Å². The molecule has 0 spiro atoms. The second-order valence-corrected chi connectivity index (χ2v) is 5.24. The van der Waals surface area contributed by atoms with Crippen molar-refractivity contribution in [3.63, 3.8) is 0 Å². The van der Waals surface area contributed by atoms with Crippen LogP contribution in [0.25, 0.3) is 11.4 Å². The first-order chi connectivity index (χ1) is 11.6. The summed E-state index contributed by atoms with van der Waals surface area (Å²) in [6.07, 6.45) is 0.0606. The number of hydrogen-bond acceptors (Lipinski definition) is 7. The number of nitrogens with zero attached hydrogens (tertiary/aromatic N) is 3. The molecule has 3 aromatic rings. The van der Waals surface area contributed by atoms with Crippen LogP contribution in [0.5, 0.6) is 6.08 Å². The van der Waals surface area contributed by atoms with E-state index in [0.29, 0.717) is 28.0 Å². The van der Waals surface area contributed by atoms with Crippen LogP contribution >= 0.6 is 11.6 Å². The van der Waals surface area contributed by atoms with Gasteiger partial charge in [-0.2, -0.15) is 4.98 Å². The quantitative estimate of drug-likeness (QED) is 0.729. The Morgan fingerprint density at radius 3 is 2.88 bits per heavy atom. The van der Waals surface area contributed by atoms with Crippen LogP contribution < -0.4 is 10.1 Å². The van der Waals surface area contributed by atoms with Gasteiger partial charge in [-0.05, 0) is 19.1 Å². The second kappa shape index (κ2) is 7.14. The molecule has 1 amide bonds. The van der Waals surface area contributed by atoms with Crippen molar-refractivity contribution in [3.8, 4) is 17.5 Å². The molecule has 2 aromatic heterocycles. The number of benzene rings is 1. The maximum atomic E-state index is 11.7. The number of amides is 1. The fourth-order valence-corrected chi connectivity index (χ4v) is 2.10. The van der Waals surface area contributed by atoms with Crippen molar-refractivity contribution < 1.29 is 18.6 Å². The molecular weight excluding hydrogens is 336 g/mol. The maximum Gasteiger partial charge on any atom is 0.417 e. The average Bonchev–Trinajstić information content (AvgIpc) is 3.17. The molecule has 3 rings (SSSR count). The molecule has 0 aliphatic carbocycles. The molecule has 0 radical (unpaired) electrons. The topological polar surface area (TPSA) is 103 Å². The van der Waals surface area contributed by atoms with Gasteiger partial charge in [0.15, 0.2) is 5.82 Å². The summed E-state index contributed by atoms with van der Waals surface area (Å²) in [5.41, 5.74) is 0.636. The van der Waals surface area contributed by atoms with E-state index in [1.807, 2.05) is 6.07 Å². The summed E-state index contributed by atoms with van der Waals surface area (Å²) in [4.78, 5) is 15.8.